The summed E-state index contributed by atoms with van der Waals surface area (Å²) in [6.45, 7) is 1.53. The molecule has 2 heterocycles. The van der Waals surface area contributed by atoms with Gasteiger partial charge >= 0.3 is 17.6 Å². The van der Waals surface area contributed by atoms with Crippen molar-refractivity contribution in [3.8, 4) is 11.4 Å². The van der Waals surface area contributed by atoms with Crippen LogP contribution in [0.25, 0.3) is 11.4 Å². The van der Waals surface area contributed by atoms with Gasteiger partial charge in [-0.3, -0.25) is 9.59 Å². The normalized spacial score (nSPS) is 10.6. The lowest BCUT2D eigenvalue weighted by Crippen LogP contribution is -2.36. The van der Waals surface area contributed by atoms with Crippen molar-refractivity contribution in [1.29, 1.82) is 0 Å². The van der Waals surface area contributed by atoms with Crippen LogP contribution in [0.3, 0.4) is 0 Å². The van der Waals surface area contributed by atoms with Gasteiger partial charge in [-0.05, 0) is 24.0 Å². The predicted octanol–water partition coefficient (Wildman–Crippen LogP) is 0.835. The third-order valence-electron chi connectivity index (χ3n) is 3.92. The molecule has 0 spiro atoms. The molecule has 2 N–H and O–H groups in total. The Morgan fingerprint density at radius 2 is 2.00 bits per heavy atom. The number of rotatable bonds is 8. The number of nitro groups is 1. The zero-order valence-corrected chi connectivity index (χ0v) is 15.7. The average molecular weight is 417 g/mol. The minimum Gasteiger partial charge on any atom is -0.358 e. The van der Waals surface area contributed by atoms with Crippen LogP contribution in [0.2, 0.25) is 0 Å². The molecule has 0 aliphatic heterocycles. The van der Waals surface area contributed by atoms with Crippen molar-refractivity contribution in [2.24, 2.45) is 0 Å². The van der Waals surface area contributed by atoms with E-state index in [0.717, 1.165) is 0 Å². The second-order valence-electron chi connectivity index (χ2n) is 6.07. The largest absolute Gasteiger partial charge is 0.390 e. The molecule has 12 nitrogen and oxygen atoms in total. The van der Waals surface area contributed by atoms with E-state index < -0.39 is 22.6 Å². The number of hydrogen-bond donors (Lipinski definition) is 2. The molecule has 13 heteroatoms. The lowest BCUT2D eigenvalue weighted by molar-refractivity contribution is -0.389. The van der Waals surface area contributed by atoms with Crippen molar-refractivity contribution in [2.75, 3.05) is 13.1 Å². The van der Waals surface area contributed by atoms with Crippen LogP contribution in [0.15, 0.2) is 34.9 Å². The maximum atomic E-state index is 13.7. The van der Waals surface area contributed by atoms with Crippen LogP contribution in [0.4, 0.5) is 10.2 Å². The third-order valence-corrected chi connectivity index (χ3v) is 3.92. The molecule has 0 saturated carbocycles. The number of nitrogens with one attached hydrogen (secondary N) is 2. The van der Waals surface area contributed by atoms with Crippen LogP contribution in [0, 0.1) is 22.9 Å². The minimum atomic E-state index is -0.683. The molecular weight excluding hydrogens is 401 g/mol. The van der Waals surface area contributed by atoms with Crippen LogP contribution in [0.1, 0.15) is 16.4 Å². The molecule has 0 unspecified atom stereocenters. The third kappa shape index (κ3) is 4.81. The second kappa shape index (κ2) is 8.89. The number of aryl methyl sites for hydroxylation is 1. The van der Waals surface area contributed by atoms with E-state index >= 15 is 0 Å². The Labute approximate surface area is 168 Å². The predicted molar refractivity (Wildman–Crippen MR) is 98.7 cm³/mol. The van der Waals surface area contributed by atoms with Crippen molar-refractivity contribution in [2.45, 2.75) is 13.5 Å². The van der Waals surface area contributed by atoms with Gasteiger partial charge in [-0.15, -0.1) is 0 Å². The van der Waals surface area contributed by atoms with Crippen LogP contribution in [-0.2, 0) is 11.3 Å². The topological polar surface area (TPSA) is 158 Å². The standard InChI is InChI=1S/C17H16FN7O5/c1-10-8-13(25(28)29)22-24(10)9-14(26)19-6-7-20-16(27)17-21-15(23-30-17)11-4-2-3-5-12(11)18/h2-5,8H,6-7,9H2,1H3,(H,19,26)(H,20,27). The summed E-state index contributed by atoms with van der Waals surface area (Å²) in [4.78, 5) is 37.9. The van der Waals surface area contributed by atoms with E-state index in [2.05, 4.69) is 25.9 Å². The number of carbonyl (C=O) groups excluding carboxylic acids is 2. The van der Waals surface area contributed by atoms with Gasteiger partial charge in [0.25, 0.3) is 0 Å². The summed E-state index contributed by atoms with van der Waals surface area (Å²) in [6.07, 6.45) is 0. The molecule has 0 aliphatic rings. The Kier molecular flexibility index (Phi) is 6.10. The maximum Gasteiger partial charge on any atom is 0.390 e. The monoisotopic (exact) mass is 417 g/mol. The fourth-order valence-electron chi connectivity index (χ4n) is 2.46. The second-order valence-corrected chi connectivity index (χ2v) is 6.07. The molecule has 0 aliphatic carbocycles. The van der Waals surface area contributed by atoms with Crippen LogP contribution in [0.5, 0.6) is 0 Å². The van der Waals surface area contributed by atoms with Crippen molar-refractivity contribution in [1.82, 2.24) is 30.6 Å². The van der Waals surface area contributed by atoms with Crippen LogP contribution >= 0.6 is 0 Å². The van der Waals surface area contributed by atoms with Crippen molar-refractivity contribution in [3.63, 3.8) is 0 Å². The molecule has 0 atom stereocenters. The number of benzene rings is 1. The molecule has 2 aromatic heterocycles. The fraction of sp³-hybridized carbons (Fsp3) is 0.235. The Morgan fingerprint density at radius 3 is 2.70 bits per heavy atom. The van der Waals surface area contributed by atoms with E-state index in [9.17, 15) is 24.1 Å². The summed E-state index contributed by atoms with van der Waals surface area (Å²) in [7, 11) is 0. The zero-order chi connectivity index (χ0) is 21.7. The van der Waals surface area contributed by atoms with Gasteiger partial charge in [0.2, 0.25) is 11.7 Å². The number of amides is 2. The summed E-state index contributed by atoms with van der Waals surface area (Å²) >= 11 is 0. The Morgan fingerprint density at radius 1 is 1.27 bits per heavy atom. The van der Waals surface area contributed by atoms with E-state index in [1.807, 2.05) is 0 Å². The summed E-state index contributed by atoms with van der Waals surface area (Å²) in [5.41, 5.74) is 0.564. The van der Waals surface area contributed by atoms with Crippen molar-refractivity contribution >= 4 is 17.6 Å². The molecule has 0 fully saturated rings. The number of hydrogen-bond acceptors (Lipinski definition) is 8. The SMILES string of the molecule is Cc1cc([N+](=O)[O-])nn1CC(=O)NCCNC(=O)c1nc(-c2ccccc2F)no1. The first-order valence-electron chi connectivity index (χ1n) is 8.67. The first-order chi connectivity index (χ1) is 14.3. The first kappa shape index (κ1) is 20.6. The van der Waals surface area contributed by atoms with Gasteiger partial charge in [-0.25, -0.2) is 4.39 Å². The molecule has 2 amide bonds. The van der Waals surface area contributed by atoms with E-state index in [1.54, 1.807) is 13.0 Å². The Hall–Kier alpha value is -4.16. The molecule has 3 aromatic rings. The molecule has 0 saturated heterocycles. The molecule has 30 heavy (non-hydrogen) atoms. The summed E-state index contributed by atoms with van der Waals surface area (Å²) < 4.78 is 19.8. The summed E-state index contributed by atoms with van der Waals surface area (Å²) in [5.74, 6) is -2.43. The highest BCUT2D eigenvalue weighted by molar-refractivity contribution is 5.89. The van der Waals surface area contributed by atoms with Crippen molar-refractivity contribution in [3.05, 3.63) is 57.8 Å². The summed E-state index contributed by atoms with van der Waals surface area (Å²) in [5, 5.41) is 23.0. The Balaban J connectivity index is 1.45. The molecule has 156 valence electrons. The van der Waals surface area contributed by atoms with E-state index in [1.165, 1.54) is 28.9 Å². The number of carbonyl (C=O) groups is 2. The number of halogens is 1. The number of aromatic nitrogens is 4. The fourth-order valence-corrected chi connectivity index (χ4v) is 2.46. The first-order valence-corrected chi connectivity index (χ1v) is 8.67. The van der Waals surface area contributed by atoms with Gasteiger partial charge in [-0.1, -0.05) is 17.3 Å². The van der Waals surface area contributed by atoms with E-state index in [-0.39, 0.29) is 42.7 Å². The maximum absolute atomic E-state index is 13.7. The van der Waals surface area contributed by atoms with Gasteiger partial charge in [0.15, 0.2) is 0 Å². The smallest absolute Gasteiger partial charge is 0.358 e. The number of nitrogens with zero attached hydrogens (tertiary/aromatic N) is 5. The zero-order valence-electron chi connectivity index (χ0n) is 15.7. The highest BCUT2D eigenvalue weighted by Crippen LogP contribution is 2.19. The molecular formula is C17H16FN7O5. The molecule has 0 radical (unpaired) electrons. The summed E-state index contributed by atoms with van der Waals surface area (Å²) in [6, 6.07) is 7.05. The molecule has 3 rings (SSSR count). The highest BCUT2D eigenvalue weighted by atomic mass is 19.1. The molecule has 1 aromatic carbocycles. The van der Waals surface area contributed by atoms with Gasteiger partial charge < -0.3 is 25.3 Å². The highest BCUT2D eigenvalue weighted by Gasteiger charge is 2.19. The Bertz CT molecular complexity index is 1090. The van der Waals surface area contributed by atoms with E-state index in [4.69, 9.17) is 4.52 Å². The quantitative estimate of drug-likeness (QED) is 0.310. The lowest BCUT2D eigenvalue weighted by atomic mass is 10.2. The van der Waals surface area contributed by atoms with Gasteiger partial charge in [0, 0.05) is 13.1 Å². The van der Waals surface area contributed by atoms with Gasteiger partial charge in [0.05, 0.1) is 22.4 Å². The van der Waals surface area contributed by atoms with Crippen molar-refractivity contribution < 1.29 is 23.4 Å². The van der Waals surface area contributed by atoms with Gasteiger partial charge in [0.1, 0.15) is 12.4 Å². The molecule has 0 bridgehead atoms. The van der Waals surface area contributed by atoms with Crippen LogP contribution in [-0.4, -0.2) is 49.7 Å². The lowest BCUT2D eigenvalue weighted by Gasteiger charge is -2.05. The van der Waals surface area contributed by atoms with Gasteiger partial charge in [-0.2, -0.15) is 9.67 Å². The minimum absolute atomic E-state index is 0.0558. The van der Waals surface area contributed by atoms with E-state index in [0.29, 0.717) is 5.69 Å². The average Bonchev–Trinajstić information content (AvgIpc) is 3.33. The van der Waals surface area contributed by atoms with Crippen LogP contribution < -0.4 is 10.6 Å².